The quantitative estimate of drug-likeness (QED) is 0.774. The van der Waals surface area contributed by atoms with Gasteiger partial charge in [0, 0.05) is 12.1 Å². The fourth-order valence-electron chi connectivity index (χ4n) is 3.01. The maximum Gasteiger partial charge on any atom is 0.163 e. The molecular weight excluding hydrogens is 318 g/mol. The third kappa shape index (κ3) is 3.13. The molecule has 0 spiro atoms. The van der Waals surface area contributed by atoms with Crippen molar-refractivity contribution in [2.24, 2.45) is 5.73 Å². The average molecular weight is 339 g/mol. The predicted octanol–water partition coefficient (Wildman–Crippen LogP) is 2.65. The summed E-state index contributed by atoms with van der Waals surface area (Å²) >= 11 is 0. The number of nitrogens with two attached hydrogens (primary N) is 1. The Hall–Kier alpha value is -2.73. The van der Waals surface area contributed by atoms with E-state index >= 15 is 0 Å². The number of imidazole rings is 1. The van der Waals surface area contributed by atoms with Gasteiger partial charge in [-0.3, -0.25) is 0 Å². The van der Waals surface area contributed by atoms with Crippen LogP contribution in [0.25, 0.3) is 11.0 Å². The van der Waals surface area contributed by atoms with E-state index in [0.29, 0.717) is 32.9 Å². The van der Waals surface area contributed by atoms with Gasteiger partial charge in [0.2, 0.25) is 0 Å². The van der Waals surface area contributed by atoms with Gasteiger partial charge in [-0.1, -0.05) is 17.7 Å². The Labute approximate surface area is 146 Å². The lowest BCUT2D eigenvalue weighted by Gasteiger charge is -2.18. The lowest BCUT2D eigenvalue weighted by atomic mass is 10.2. The number of rotatable bonds is 5. The Kier molecular flexibility index (Phi) is 4.19. The Morgan fingerprint density at radius 3 is 2.56 bits per heavy atom. The molecule has 0 unspecified atom stereocenters. The fraction of sp³-hybridized carbons (Fsp3) is 0.316. The van der Waals surface area contributed by atoms with Gasteiger partial charge in [-0.2, -0.15) is 0 Å². The average Bonchev–Trinajstić information content (AvgIpc) is 2.98. The number of fused-ring (bicyclic) bond motifs is 2. The smallest absolute Gasteiger partial charge is 0.163 e. The summed E-state index contributed by atoms with van der Waals surface area (Å²) in [6, 6.07) is 11.9. The van der Waals surface area contributed by atoms with Gasteiger partial charge in [-0.15, -0.1) is 0 Å². The number of ether oxygens (including phenoxy) is 3. The van der Waals surface area contributed by atoms with Gasteiger partial charge in [0.15, 0.2) is 11.5 Å². The standard InChI is InChI=1S/C19H21N3O3/c1-13-2-4-14(5-3-13)23-7-6-22-16-11-18-17(24-8-9-25-18)10-15(16)21-19(22)12-20/h2-5,10-11H,6-9,12,20H2,1H3. The zero-order valence-electron chi connectivity index (χ0n) is 14.2. The molecule has 0 saturated carbocycles. The Bertz CT molecular complexity index is 887. The minimum absolute atomic E-state index is 0.367. The molecular formula is C19H21N3O3. The van der Waals surface area contributed by atoms with Crippen molar-refractivity contribution in [2.45, 2.75) is 20.0 Å². The van der Waals surface area contributed by atoms with Crippen molar-refractivity contribution >= 4 is 11.0 Å². The molecule has 2 heterocycles. The van der Waals surface area contributed by atoms with Gasteiger partial charge in [-0.25, -0.2) is 4.98 Å². The molecule has 2 N–H and O–H groups in total. The summed E-state index contributed by atoms with van der Waals surface area (Å²) in [5.74, 6) is 3.18. The molecule has 4 rings (SSSR count). The summed E-state index contributed by atoms with van der Waals surface area (Å²) in [6.07, 6.45) is 0. The van der Waals surface area contributed by atoms with Crippen LogP contribution < -0.4 is 19.9 Å². The summed E-state index contributed by atoms with van der Waals surface area (Å²) < 4.78 is 19.3. The van der Waals surface area contributed by atoms with Crippen LogP contribution in [0.5, 0.6) is 17.2 Å². The molecule has 25 heavy (non-hydrogen) atoms. The first-order valence-electron chi connectivity index (χ1n) is 8.43. The van der Waals surface area contributed by atoms with E-state index in [1.165, 1.54) is 5.56 Å². The molecule has 130 valence electrons. The third-order valence-electron chi connectivity index (χ3n) is 4.28. The van der Waals surface area contributed by atoms with Crippen LogP contribution in [-0.4, -0.2) is 29.4 Å². The van der Waals surface area contributed by atoms with Crippen LogP contribution in [0.1, 0.15) is 11.4 Å². The molecule has 2 aromatic carbocycles. The van der Waals surface area contributed by atoms with Crippen LogP contribution >= 0.6 is 0 Å². The minimum atomic E-state index is 0.367. The van der Waals surface area contributed by atoms with Crippen molar-refractivity contribution < 1.29 is 14.2 Å². The number of nitrogens with zero attached hydrogens (tertiary/aromatic N) is 2. The van der Waals surface area contributed by atoms with Gasteiger partial charge >= 0.3 is 0 Å². The van der Waals surface area contributed by atoms with Crippen molar-refractivity contribution in [1.82, 2.24) is 9.55 Å². The van der Waals surface area contributed by atoms with E-state index < -0.39 is 0 Å². The monoisotopic (exact) mass is 339 g/mol. The lowest BCUT2D eigenvalue weighted by Crippen LogP contribution is -2.16. The second kappa shape index (κ2) is 6.64. The number of hydrogen-bond acceptors (Lipinski definition) is 5. The fourth-order valence-corrected chi connectivity index (χ4v) is 3.01. The van der Waals surface area contributed by atoms with Crippen LogP contribution in [0.15, 0.2) is 36.4 Å². The molecule has 0 aliphatic carbocycles. The zero-order chi connectivity index (χ0) is 17.2. The summed E-state index contributed by atoms with van der Waals surface area (Å²) in [5.41, 5.74) is 8.94. The van der Waals surface area contributed by atoms with E-state index in [2.05, 4.69) is 16.5 Å². The van der Waals surface area contributed by atoms with Crippen LogP contribution in [0.3, 0.4) is 0 Å². The van der Waals surface area contributed by atoms with Gasteiger partial charge in [0.1, 0.15) is 31.4 Å². The van der Waals surface area contributed by atoms with Crippen LogP contribution in [0.2, 0.25) is 0 Å². The Balaban J connectivity index is 1.58. The summed E-state index contributed by atoms with van der Waals surface area (Å²) in [5, 5.41) is 0. The van der Waals surface area contributed by atoms with Crippen molar-refractivity contribution in [3.05, 3.63) is 47.8 Å². The maximum absolute atomic E-state index is 5.88. The predicted molar refractivity (Wildman–Crippen MR) is 95.3 cm³/mol. The number of aryl methyl sites for hydroxylation is 1. The molecule has 0 radical (unpaired) electrons. The molecule has 6 heteroatoms. The molecule has 0 bridgehead atoms. The normalized spacial score (nSPS) is 13.2. The van der Waals surface area contributed by atoms with Crippen LogP contribution in [0, 0.1) is 6.92 Å². The first-order valence-corrected chi connectivity index (χ1v) is 8.43. The van der Waals surface area contributed by atoms with Gasteiger partial charge in [0.05, 0.1) is 24.1 Å². The van der Waals surface area contributed by atoms with E-state index in [1.807, 2.05) is 36.4 Å². The second-order valence-corrected chi connectivity index (χ2v) is 6.03. The number of hydrogen-bond donors (Lipinski definition) is 1. The van der Waals surface area contributed by atoms with E-state index in [0.717, 1.165) is 34.1 Å². The summed E-state index contributed by atoms with van der Waals surface area (Å²) in [4.78, 5) is 4.62. The molecule has 0 saturated heterocycles. The van der Waals surface area contributed by atoms with Gasteiger partial charge < -0.3 is 24.5 Å². The molecule has 0 fully saturated rings. The number of benzene rings is 2. The lowest BCUT2D eigenvalue weighted by molar-refractivity contribution is 0.172. The highest BCUT2D eigenvalue weighted by molar-refractivity contribution is 5.80. The maximum atomic E-state index is 5.88. The molecule has 1 aliphatic rings. The van der Waals surface area contributed by atoms with E-state index in [1.54, 1.807) is 0 Å². The molecule has 3 aromatic rings. The Morgan fingerprint density at radius 2 is 1.84 bits per heavy atom. The van der Waals surface area contributed by atoms with E-state index in [4.69, 9.17) is 19.9 Å². The van der Waals surface area contributed by atoms with Crippen LogP contribution in [0.4, 0.5) is 0 Å². The minimum Gasteiger partial charge on any atom is -0.492 e. The largest absolute Gasteiger partial charge is 0.492 e. The topological polar surface area (TPSA) is 71.5 Å². The van der Waals surface area contributed by atoms with Crippen LogP contribution in [-0.2, 0) is 13.1 Å². The van der Waals surface area contributed by atoms with E-state index in [-0.39, 0.29) is 0 Å². The van der Waals surface area contributed by atoms with Gasteiger partial charge in [-0.05, 0) is 19.1 Å². The SMILES string of the molecule is Cc1ccc(OCCn2c(CN)nc3cc4c(cc32)OCCO4)cc1. The van der Waals surface area contributed by atoms with Crippen molar-refractivity contribution in [3.63, 3.8) is 0 Å². The Morgan fingerprint density at radius 1 is 1.12 bits per heavy atom. The molecule has 0 amide bonds. The first kappa shape index (κ1) is 15.8. The van der Waals surface area contributed by atoms with Crippen molar-refractivity contribution in [3.8, 4) is 17.2 Å². The van der Waals surface area contributed by atoms with Gasteiger partial charge in [0.25, 0.3) is 0 Å². The number of aromatic nitrogens is 2. The third-order valence-corrected chi connectivity index (χ3v) is 4.28. The highest BCUT2D eigenvalue weighted by atomic mass is 16.6. The summed E-state index contributed by atoms with van der Waals surface area (Å²) in [6.45, 7) is 4.75. The molecule has 6 nitrogen and oxygen atoms in total. The first-order chi connectivity index (χ1) is 12.2. The second-order valence-electron chi connectivity index (χ2n) is 6.03. The van der Waals surface area contributed by atoms with E-state index in [9.17, 15) is 0 Å². The van der Waals surface area contributed by atoms with Crippen molar-refractivity contribution in [2.75, 3.05) is 19.8 Å². The molecule has 0 atom stereocenters. The summed E-state index contributed by atoms with van der Waals surface area (Å²) in [7, 11) is 0. The molecule has 1 aliphatic heterocycles. The van der Waals surface area contributed by atoms with Crippen molar-refractivity contribution in [1.29, 1.82) is 0 Å². The molecule has 1 aromatic heterocycles. The zero-order valence-corrected chi connectivity index (χ0v) is 14.2. The highest BCUT2D eigenvalue weighted by Crippen LogP contribution is 2.34. The highest BCUT2D eigenvalue weighted by Gasteiger charge is 2.17.